The molecule has 0 saturated carbocycles. The Balaban J connectivity index is 1.82. The Hall–Kier alpha value is -2.34. The van der Waals surface area contributed by atoms with Gasteiger partial charge in [-0.1, -0.05) is 0 Å². The Morgan fingerprint density at radius 2 is 2.00 bits per heavy atom. The molecule has 1 aromatic heterocycles. The molecule has 6 heteroatoms. The number of aromatic nitrogens is 2. The summed E-state index contributed by atoms with van der Waals surface area (Å²) in [6.07, 6.45) is 4.23. The van der Waals surface area contributed by atoms with Crippen LogP contribution < -0.4 is 14.2 Å². The number of rotatable bonds is 5. The summed E-state index contributed by atoms with van der Waals surface area (Å²) >= 11 is 0. The zero-order chi connectivity index (χ0) is 16.9. The van der Waals surface area contributed by atoms with Gasteiger partial charge in [-0.3, -0.25) is 4.90 Å². The van der Waals surface area contributed by atoms with Gasteiger partial charge < -0.3 is 14.2 Å². The summed E-state index contributed by atoms with van der Waals surface area (Å²) in [4.78, 5) is 10.5. The minimum Gasteiger partial charge on any atom is -0.496 e. The van der Waals surface area contributed by atoms with Crippen LogP contribution in [0, 0.1) is 0 Å². The van der Waals surface area contributed by atoms with E-state index in [-0.39, 0.29) is 6.04 Å². The quantitative estimate of drug-likeness (QED) is 0.841. The molecule has 0 radical (unpaired) electrons. The SMILES string of the molecule is COc1cc2c(cc1CN(C)[C@@H](C)c1ccncn1)OCCCO2. The number of methoxy groups -OCH3 is 1. The fourth-order valence-electron chi connectivity index (χ4n) is 2.73. The number of hydrogen-bond acceptors (Lipinski definition) is 6. The summed E-state index contributed by atoms with van der Waals surface area (Å²) in [5.74, 6) is 2.34. The average molecular weight is 329 g/mol. The van der Waals surface area contributed by atoms with Crippen molar-refractivity contribution in [3.63, 3.8) is 0 Å². The molecule has 0 spiro atoms. The van der Waals surface area contributed by atoms with Gasteiger partial charge in [-0.25, -0.2) is 9.97 Å². The highest BCUT2D eigenvalue weighted by Crippen LogP contribution is 2.37. The largest absolute Gasteiger partial charge is 0.496 e. The summed E-state index contributed by atoms with van der Waals surface area (Å²) in [6, 6.07) is 6.03. The van der Waals surface area contributed by atoms with E-state index in [0.29, 0.717) is 19.8 Å². The lowest BCUT2D eigenvalue weighted by Crippen LogP contribution is -2.23. The van der Waals surface area contributed by atoms with Crippen molar-refractivity contribution in [3.8, 4) is 17.2 Å². The third-order valence-electron chi connectivity index (χ3n) is 4.26. The van der Waals surface area contributed by atoms with Crippen LogP contribution >= 0.6 is 0 Å². The van der Waals surface area contributed by atoms with E-state index >= 15 is 0 Å². The lowest BCUT2D eigenvalue weighted by Gasteiger charge is -2.25. The summed E-state index contributed by atoms with van der Waals surface area (Å²) < 4.78 is 17.1. The van der Waals surface area contributed by atoms with E-state index in [1.807, 2.05) is 18.2 Å². The molecule has 0 N–H and O–H groups in total. The van der Waals surface area contributed by atoms with E-state index in [1.54, 1.807) is 19.6 Å². The predicted octanol–water partition coefficient (Wildman–Crippen LogP) is 2.84. The first kappa shape index (κ1) is 16.5. The van der Waals surface area contributed by atoms with Crippen LogP contribution in [-0.2, 0) is 6.54 Å². The maximum absolute atomic E-state index is 5.80. The lowest BCUT2D eigenvalue weighted by atomic mass is 10.1. The molecular formula is C18H23N3O3. The topological polar surface area (TPSA) is 56.7 Å². The molecule has 128 valence electrons. The van der Waals surface area contributed by atoms with Crippen molar-refractivity contribution in [2.75, 3.05) is 27.4 Å². The summed E-state index contributed by atoms with van der Waals surface area (Å²) in [5, 5.41) is 0. The molecule has 0 unspecified atom stereocenters. The van der Waals surface area contributed by atoms with Gasteiger partial charge in [-0.2, -0.15) is 0 Å². The van der Waals surface area contributed by atoms with Gasteiger partial charge in [-0.15, -0.1) is 0 Å². The van der Waals surface area contributed by atoms with E-state index in [0.717, 1.165) is 34.9 Å². The number of ether oxygens (including phenoxy) is 3. The maximum Gasteiger partial charge on any atom is 0.164 e. The molecule has 6 nitrogen and oxygen atoms in total. The fraction of sp³-hybridized carbons (Fsp3) is 0.444. The molecule has 0 amide bonds. The smallest absolute Gasteiger partial charge is 0.164 e. The van der Waals surface area contributed by atoms with Crippen molar-refractivity contribution in [3.05, 3.63) is 42.0 Å². The van der Waals surface area contributed by atoms with Gasteiger partial charge in [0.05, 0.1) is 26.0 Å². The van der Waals surface area contributed by atoms with Gasteiger partial charge in [0.2, 0.25) is 0 Å². The molecule has 2 heterocycles. The van der Waals surface area contributed by atoms with Crippen LogP contribution in [0.3, 0.4) is 0 Å². The predicted molar refractivity (Wildman–Crippen MR) is 90.5 cm³/mol. The molecule has 0 saturated heterocycles. The molecule has 0 aliphatic carbocycles. The van der Waals surface area contributed by atoms with Crippen molar-refractivity contribution < 1.29 is 14.2 Å². The van der Waals surface area contributed by atoms with Crippen molar-refractivity contribution in [2.45, 2.75) is 25.9 Å². The normalized spacial score (nSPS) is 15.0. The van der Waals surface area contributed by atoms with Gasteiger partial charge in [0.1, 0.15) is 12.1 Å². The first-order chi connectivity index (χ1) is 11.7. The van der Waals surface area contributed by atoms with Crippen LogP contribution in [0.15, 0.2) is 30.7 Å². The molecular weight excluding hydrogens is 306 g/mol. The molecule has 1 atom stereocenters. The van der Waals surface area contributed by atoms with Crippen LogP contribution in [0.1, 0.15) is 30.6 Å². The maximum atomic E-state index is 5.80. The molecule has 1 aliphatic heterocycles. The highest BCUT2D eigenvalue weighted by molar-refractivity contribution is 5.51. The van der Waals surface area contributed by atoms with Crippen LogP contribution in [-0.4, -0.2) is 42.2 Å². The third-order valence-corrected chi connectivity index (χ3v) is 4.26. The second-order valence-electron chi connectivity index (χ2n) is 5.89. The Morgan fingerprint density at radius 1 is 1.25 bits per heavy atom. The number of benzene rings is 1. The molecule has 1 aliphatic rings. The first-order valence-corrected chi connectivity index (χ1v) is 8.11. The van der Waals surface area contributed by atoms with Gasteiger partial charge in [-0.05, 0) is 26.1 Å². The van der Waals surface area contributed by atoms with Gasteiger partial charge >= 0.3 is 0 Å². The second kappa shape index (κ2) is 7.49. The van der Waals surface area contributed by atoms with Crippen molar-refractivity contribution in [2.24, 2.45) is 0 Å². The van der Waals surface area contributed by atoms with E-state index in [1.165, 1.54) is 0 Å². The molecule has 1 aromatic carbocycles. The third kappa shape index (κ3) is 3.59. The van der Waals surface area contributed by atoms with Crippen LogP contribution in [0.25, 0.3) is 0 Å². The van der Waals surface area contributed by atoms with Crippen molar-refractivity contribution >= 4 is 0 Å². The zero-order valence-corrected chi connectivity index (χ0v) is 14.4. The highest BCUT2D eigenvalue weighted by Gasteiger charge is 2.19. The number of fused-ring (bicyclic) bond motifs is 1. The second-order valence-corrected chi connectivity index (χ2v) is 5.89. The summed E-state index contributed by atoms with van der Waals surface area (Å²) in [6.45, 7) is 4.18. The van der Waals surface area contributed by atoms with Crippen LogP contribution in [0.4, 0.5) is 0 Å². The van der Waals surface area contributed by atoms with Crippen LogP contribution in [0.5, 0.6) is 17.2 Å². The van der Waals surface area contributed by atoms with E-state index in [4.69, 9.17) is 14.2 Å². The van der Waals surface area contributed by atoms with Gasteiger partial charge in [0.25, 0.3) is 0 Å². The summed E-state index contributed by atoms with van der Waals surface area (Å²) in [5.41, 5.74) is 2.05. The highest BCUT2D eigenvalue weighted by atomic mass is 16.5. The lowest BCUT2D eigenvalue weighted by molar-refractivity contribution is 0.243. The average Bonchev–Trinajstić information content (AvgIpc) is 2.85. The summed E-state index contributed by atoms with van der Waals surface area (Å²) in [7, 11) is 3.74. The van der Waals surface area contributed by atoms with E-state index < -0.39 is 0 Å². The van der Waals surface area contributed by atoms with Gasteiger partial charge in [0.15, 0.2) is 11.5 Å². The Morgan fingerprint density at radius 3 is 2.67 bits per heavy atom. The van der Waals surface area contributed by atoms with Crippen molar-refractivity contribution in [1.82, 2.24) is 14.9 Å². The Kier molecular flexibility index (Phi) is 5.15. The molecule has 0 fully saturated rings. The molecule has 2 aromatic rings. The number of nitrogens with zero attached hydrogens (tertiary/aromatic N) is 3. The monoisotopic (exact) mass is 329 g/mol. The minimum absolute atomic E-state index is 0.161. The zero-order valence-electron chi connectivity index (χ0n) is 14.4. The van der Waals surface area contributed by atoms with E-state index in [2.05, 4.69) is 28.8 Å². The minimum atomic E-state index is 0.161. The first-order valence-electron chi connectivity index (χ1n) is 8.11. The Labute approximate surface area is 142 Å². The molecule has 0 bridgehead atoms. The van der Waals surface area contributed by atoms with Crippen LogP contribution in [0.2, 0.25) is 0 Å². The molecule has 3 rings (SSSR count). The Bertz CT molecular complexity index is 679. The fourth-order valence-corrected chi connectivity index (χ4v) is 2.73. The standard InChI is InChI=1S/C18H23N3O3/c1-13(15-5-6-19-12-20-15)21(2)11-14-9-17-18(10-16(14)22-3)24-8-4-7-23-17/h5-6,9-10,12-13H,4,7-8,11H2,1-3H3/t13-/m0/s1. The van der Waals surface area contributed by atoms with Crippen molar-refractivity contribution in [1.29, 1.82) is 0 Å². The van der Waals surface area contributed by atoms with E-state index in [9.17, 15) is 0 Å². The van der Waals surface area contributed by atoms with Gasteiger partial charge in [0, 0.05) is 36.8 Å². The molecule has 24 heavy (non-hydrogen) atoms. The number of hydrogen-bond donors (Lipinski definition) is 0.